The smallest absolute Gasteiger partial charge is 0.00733 e. The largest absolute Gasteiger partial charge is 0.0654 e. The molecular weight excluding hydrogens is 516 g/mol. The van der Waals surface area contributed by atoms with Crippen molar-refractivity contribution in [2.24, 2.45) is 0 Å². The minimum atomic E-state index is 1.03. The van der Waals surface area contributed by atoms with E-state index in [9.17, 15) is 0 Å². The van der Waals surface area contributed by atoms with Crippen LogP contribution >= 0.6 is 0 Å². The predicted molar refractivity (Wildman–Crippen MR) is 193 cm³/mol. The SMILES string of the molecule is CCCCCCCCCC1=C/C=C\C=C/C=C\C=C/C=C\C2=C\C=C/C=C\C=C/C=C\C=C/C=C\C2=C\1c1ccccc1. The van der Waals surface area contributed by atoms with Gasteiger partial charge < -0.3 is 0 Å². The molecule has 0 radical (unpaired) electrons. The van der Waals surface area contributed by atoms with Crippen LogP contribution in [0.5, 0.6) is 0 Å². The summed E-state index contributed by atoms with van der Waals surface area (Å²) in [5, 5.41) is 0. The average Bonchev–Trinajstić information content (AvgIpc) is 3.04. The molecule has 2 aliphatic rings. The Morgan fingerprint density at radius 1 is 0.419 bits per heavy atom. The van der Waals surface area contributed by atoms with Gasteiger partial charge in [-0.3, -0.25) is 0 Å². The molecule has 0 unspecified atom stereocenters. The summed E-state index contributed by atoms with van der Waals surface area (Å²) in [6.07, 6.45) is 60.9. The van der Waals surface area contributed by atoms with Crippen LogP contribution < -0.4 is 0 Å². The maximum atomic E-state index is 2.33. The molecule has 0 heterocycles. The van der Waals surface area contributed by atoms with Crippen molar-refractivity contribution in [1.29, 1.82) is 0 Å². The Kier molecular flexibility index (Phi) is 17.1. The van der Waals surface area contributed by atoms with Crippen LogP contribution in [0.3, 0.4) is 0 Å². The molecule has 0 aliphatic heterocycles. The Labute approximate surface area is 261 Å². The number of benzene rings is 1. The zero-order valence-corrected chi connectivity index (χ0v) is 25.9. The Balaban J connectivity index is 2.21. The maximum absolute atomic E-state index is 2.33. The van der Waals surface area contributed by atoms with Gasteiger partial charge >= 0.3 is 0 Å². The monoisotopic (exact) mass is 564 g/mol. The van der Waals surface area contributed by atoms with Crippen molar-refractivity contribution in [2.45, 2.75) is 58.3 Å². The predicted octanol–water partition coefficient (Wildman–Crippen LogP) is 12.6. The van der Waals surface area contributed by atoms with E-state index in [-0.39, 0.29) is 0 Å². The van der Waals surface area contributed by atoms with E-state index in [0.29, 0.717) is 0 Å². The number of allylic oxidation sites excluding steroid dienone is 28. The third-order valence-corrected chi connectivity index (χ3v) is 7.13. The van der Waals surface area contributed by atoms with Gasteiger partial charge in [-0.1, -0.05) is 222 Å². The van der Waals surface area contributed by atoms with Crippen molar-refractivity contribution >= 4 is 5.57 Å². The summed E-state index contributed by atoms with van der Waals surface area (Å²) < 4.78 is 0. The Hall–Kier alpha value is -4.42. The third kappa shape index (κ3) is 13.9. The van der Waals surface area contributed by atoms with Crippen LogP contribution in [0, 0.1) is 0 Å². The molecule has 0 amide bonds. The second kappa shape index (κ2) is 22.2. The first-order valence-electron chi connectivity index (χ1n) is 16.0. The van der Waals surface area contributed by atoms with Crippen molar-refractivity contribution in [3.8, 4) is 0 Å². The van der Waals surface area contributed by atoms with Crippen LogP contribution in [0.15, 0.2) is 193 Å². The summed E-state index contributed by atoms with van der Waals surface area (Å²) in [5.41, 5.74) is 6.23. The van der Waals surface area contributed by atoms with Crippen LogP contribution in [0.1, 0.15) is 63.9 Å². The van der Waals surface area contributed by atoms with Gasteiger partial charge in [-0.05, 0) is 40.7 Å². The molecule has 220 valence electrons. The second-order valence-electron chi connectivity index (χ2n) is 10.5. The highest BCUT2D eigenvalue weighted by atomic mass is 14.2. The lowest BCUT2D eigenvalue weighted by Gasteiger charge is -2.19. The summed E-state index contributed by atoms with van der Waals surface area (Å²) in [7, 11) is 0. The molecule has 0 aromatic heterocycles. The van der Waals surface area contributed by atoms with Crippen LogP contribution in [0.25, 0.3) is 5.57 Å². The molecule has 3 rings (SSSR count). The topological polar surface area (TPSA) is 0 Å². The van der Waals surface area contributed by atoms with E-state index in [2.05, 4.69) is 165 Å². The van der Waals surface area contributed by atoms with Gasteiger partial charge in [-0.15, -0.1) is 0 Å². The summed E-state index contributed by atoms with van der Waals surface area (Å²) in [4.78, 5) is 0. The molecule has 1 aromatic carbocycles. The van der Waals surface area contributed by atoms with Gasteiger partial charge in [0.05, 0.1) is 0 Å². The van der Waals surface area contributed by atoms with Crippen molar-refractivity contribution in [3.05, 3.63) is 198 Å². The van der Waals surface area contributed by atoms with E-state index in [1.807, 2.05) is 18.2 Å². The summed E-state index contributed by atoms with van der Waals surface area (Å²) in [6, 6.07) is 10.9. The minimum Gasteiger partial charge on any atom is -0.0654 e. The van der Waals surface area contributed by atoms with E-state index in [1.165, 1.54) is 67.2 Å². The van der Waals surface area contributed by atoms with E-state index >= 15 is 0 Å². The number of unbranched alkanes of at least 4 members (excludes halogenated alkanes) is 6. The van der Waals surface area contributed by atoms with Crippen molar-refractivity contribution in [3.63, 3.8) is 0 Å². The van der Waals surface area contributed by atoms with Gasteiger partial charge in [-0.2, -0.15) is 0 Å². The van der Waals surface area contributed by atoms with Crippen LogP contribution in [-0.2, 0) is 0 Å². The van der Waals surface area contributed by atoms with E-state index < -0.39 is 0 Å². The minimum absolute atomic E-state index is 1.03. The van der Waals surface area contributed by atoms with Crippen LogP contribution in [0.2, 0.25) is 0 Å². The lowest BCUT2D eigenvalue weighted by atomic mass is 9.85. The number of rotatable bonds is 9. The first-order chi connectivity index (χ1) is 21.4. The molecule has 0 atom stereocenters. The zero-order chi connectivity index (χ0) is 30.0. The molecule has 2 aliphatic carbocycles. The molecule has 0 saturated carbocycles. The van der Waals surface area contributed by atoms with Crippen molar-refractivity contribution in [1.82, 2.24) is 0 Å². The molecule has 0 N–H and O–H groups in total. The van der Waals surface area contributed by atoms with Gasteiger partial charge in [0.25, 0.3) is 0 Å². The maximum Gasteiger partial charge on any atom is -0.00733 e. The first-order valence-corrected chi connectivity index (χ1v) is 16.0. The van der Waals surface area contributed by atoms with Crippen molar-refractivity contribution < 1.29 is 0 Å². The normalized spacial score (nSPS) is 28.2. The van der Waals surface area contributed by atoms with Crippen molar-refractivity contribution in [2.75, 3.05) is 0 Å². The fourth-order valence-electron chi connectivity index (χ4n) is 4.91. The molecule has 0 fully saturated rings. The number of fused-ring (bicyclic) bond motifs is 1. The highest BCUT2D eigenvalue weighted by Crippen LogP contribution is 2.35. The Morgan fingerprint density at radius 2 is 0.884 bits per heavy atom. The summed E-state index contributed by atoms with van der Waals surface area (Å²) >= 11 is 0. The highest BCUT2D eigenvalue weighted by Gasteiger charge is 2.15. The lowest BCUT2D eigenvalue weighted by Crippen LogP contribution is -1.98. The lowest BCUT2D eigenvalue weighted by molar-refractivity contribution is 0.590. The molecule has 0 heteroatoms. The molecule has 0 bridgehead atoms. The molecular formula is C43H48. The zero-order valence-electron chi connectivity index (χ0n) is 25.9. The Morgan fingerprint density at radius 3 is 1.47 bits per heavy atom. The standard InChI is InChI=1S/C43H48/c1-2-3-4-5-14-21-27-34-40-35-28-22-17-12-9-11-16-20-26-33-39-32-25-19-15-10-7-6-8-13-18-23-31-38-42(39)43(40)41-36-29-24-30-37-41/h6-13,15-20,22-26,28-33,35-38H,2-5,14,21,27,34H2,1H3/b7-6-,8-6?,10-7?,11-9-,12-9?,13-8-,15-10-,16-11?,17-12-,18-13?,19-15?,20-16-,22-17?,23-18-,25-19-,26-20?,28-22-,31-23?,32-25?,33-26-,35-28?,38-31-,39-32-,39-33?,40-35-,42-38?,43-40?,43-42+. The van der Waals surface area contributed by atoms with E-state index in [4.69, 9.17) is 0 Å². The fourth-order valence-corrected chi connectivity index (χ4v) is 4.91. The van der Waals surface area contributed by atoms with E-state index in [0.717, 1.165) is 12.0 Å². The van der Waals surface area contributed by atoms with Gasteiger partial charge in [0.15, 0.2) is 0 Å². The first kappa shape index (κ1) is 33.1. The molecule has 1 aromatic rings. The molecule has 0 nitrogen and oxygen atoms in total. The van der Waals surface area contributed by atoms with Gasteiger partial charge in [0.2, 0.25) is 0 Å². The molecule has 43 heavy (non-hydrogen) atoms. The second-order valence-corrected chi connectivity index (χ2v) is 10.5. The van der Waals surface area contributed by atoms with E-state index in [1.54, 1.807) is 0 Å². The number of hydrogen-bond donors (Lipinski definition) is 0. The summed E-state index contributed by atoms with van der Waals surface area (Å²) in [6.45, 7) is 2.28. The summed E-state index contributed by atoms with van der Waals surface area (Å²) in [5.74, 6) is 0. The average molecular weight is 565 g/mol. The Bertz CT molecular complexity index is 1380. The highest BCUT2D eigenvalue weighted by molar-refractivity contribution is 5.87. The quantitative estimate of drug-likeness (QED) is 0.262. The molecule has 0 saturated heterocycles. The van der Waals surface area contributed by atoms with Crippen LogP contribution in [-0.4, -0.2) is 0 Å². The number of hydrogen-bond acceptors (Lipinski definition) is 0. The molecule has 0 spiro atoms. The van der Waals surface area contributed by atoms with Gasteiger partial charge in [-0.25, -0.2) is 0 Å². The fraction of sp³-hybridized carbons (Fsp3) is 0.209. The third-order valence-electron chi connectivity index (χ3n) is 7.13. The van der Waals surface area contributed by atoms with Crippen LogP contribution in [0.4, 0.5) is 0 Å². The van der Waals surface area contributed by atoms with Gasteiger partial charge in [0, 0.05) is 0 Å². The van der Waals surface area contributed by atoms with Gasteiger partial charge in [0.1, 0.15) is 0 Å².